The number of hydrogen-bond acceptors (Lipinski definition) is 1. The molecule has 0 spiro atoms. The number of carbonyl (C=O) groups is 1. The molecule has 0 aliphatic carbocycles. The lowest BCUT2D eigenvalue weighted by molar-refractivity contribution is 0.0935. The van der Waals surface area contributed by atoms with E-state index >= 15 is 0 Å². The average Bonchev–Trinajstić information content (AvgIpc) is 2.48. The van der Waals surface area contributed by atoms with Crippen molar-refractivity contribution in [3.63, 3.8) is 0 Å². The quantitative estimate of drug-likeness (QED) is 0.878. The molecule has 21 heavy (non-hydrogen) atoms. The zero-order chi connectivity index (χ0) is 15.4. The van der Waals surface area contributed by atoms with Gasteiger partial charge in [0.1, 0.15) is 0 Å². The summed E-state index contributed by atoms with van der Waals surface area (Å²) in [5.74, 6) is -0.00629. The lowest BCUT2D eigenvalue weighted by Crippen LogP contribution is -2.28. The lowest BCUT2D eigenvalue weighted by Gasteiger charge is -2.19. The molecule has 110 valence electrons. The second-order valence-corrected chi connectivity index (χ2v) is 5.59. The Hall–Kier alpha value is -2.09. The van der Waals surface area contributed by atoms with E-state index in [4.69, 9.17) is 0 Å². The Balaban J connectivity index is 2.20. The minimum Gasteiger partial charge on any atom is -0.345 e. The maximum Gasteiger partial charge on any atom is 0.251 e. The molecule has 1 amide bonds. The monoisotopic (exact) mass is 281 g/mol. The van der Waals surface area contributed by atoms with Gasteiger partial charge in [-0.2, -0.15) is 0 Å². The molecule has 0 saturated carbocycles. The van der Waals surface area contributed by atoms with Crippen molar-refractivity contribution >= 4 is 5.91 Å². The summed E-state index contributed by atoms with van der Waals surface area (Å²) in [7, 11) is 0. The van der Waals surface area contributed by atoms with Crippen molar-refractivity contribution in [2.75, 3.05) is 0 Å². The molecule has 0 aliphatic rings. The van der Waals surface area contributed by atoms with Gasteiger partial charge in [0.25, 0.3) is 5.91 Å². The first-order valence-electron chi connectivity index (χ1n) is 7.46. The van der Waals surface area contributed by atoms with Crippen LogP contribution in [0, 0.1) is 20.8 Å². The summed E-state index contributed by atoms with van der Waals surface area (Å²) in [5, 5.41) is 3.15. The maximum atomic E-state index is 12.5. The van der Waals surface area contributed by atoms with Gasteiger partial charge >= 0.3 is 0 Å². The highest BCUT2D eigenvalue weighted by molar-refractivity contribution is 5.94. The molecule has 1 N–H and O–H groups in total. The van der Waals surface area contributed by atoms with Crippen molar-refractivity contribution in [2.24, 2.45) is 0 Å². The Bertz CT molecular complexity index is 646. The third-order valence-electron chi connectivity index (χ3n) is 4.05. The predicted octanol–water partition coefficient (Wildman–Crippen LogP) is 4.49. The average molecular weight is 281 g/mol. The Kier molecular flexibility index (Phi) is 4.79. The van der Waals surface area contributed by atoms with Gasteiger partial charge in [-0.25, -0.2) is 0 Å². The van der Waals surface area contributed by atoms with Crippen LogP contribution in [0.5, 0.6) is 0 Å². The number of aryl methyl sites for hydroxylation is 3. The van der Waals surface area contributed by atoms with Gasteiger partial charge in [0, 0.05) is 5.56 Å². The first-order chi connectivity index (χ1) is 10.0. The van der Waals surface area contributed by atoms with Crippen LogP contribution in [-0.2, 0) is 0 Å². The van der Waals surface area contributed by atoms with Gasteiger partial charge in [-0.15, -0.1) is 0 Å². The van der Waals surface area contributed by atoms with Gasteiger partial charge in [-0.1, -0.05) is 37.3 Å². The molecule has 0 bridgehead atoms. The summed E-state index contributed by atoms with van der Waals surface area (Å²) < 4.78 is 0. The van der Waals surface area contributed by atoms with E-state index in [1.54, 1.807) is 0 Å². The third kappa shape index (κ3) is 3.52. The second-order valence-electron chi connectivity index (χ2n) is 5.59. The van der Waals surface area contributed by atoms with Crippen LogP contribution in [0.15, 0.2) is 42.5 Å². The predicted molar refractivity (Wildman–Crippen MR) is 87.6 cm³/mol. The largest absolute Gasteiger partial charge is 0.345 e. The smallest absolute Gasteiger partial charge is 0.251 e. The first kappa shape index (κ1) is 15.3. The van der Waals surface area contributed by atoms with Crippen molar-refractivity contribution in [3.05, 3.63) is 70.3 Å². The molecule has 0 saturated heterocycles. The number of nitrogens with one attached hydrogen (secondary N) is 1. The highest BCUT2D eigenvalue weighted by Gasteiger charge is 2.15. The van der Waals surface area contributed by atoms with Crippen LogP contribution < -0.4 is 5.32 Å². The van der Waals surface area contributed by atoms with E-state index in [-0.39, 0.29) is 11.9 Å². The molecule has 0 heterocycles. The fourth-order valence-corrected chi connectivity index (χ4v) is 2.50. The van der Waals surface area contributed by atoms with Gasteiger partial charge in [0.05, 0.1) is 6.04 Å². The minimum atomic E-state index is -0.00629. The molecule has 2 aromatic carbocycles. The molecule has 2 rings (SSSR count). The summed E-state index contributed by atoms with van der Waals surface area (Å²) in [5.41, 5.74) is 5.48. The fraction of sp³-hybridized carbons (Fsp3) is 0.316. The maximum absolute atomic E-state index is 12.5. The minimum absolute atomic E-state index is 0.00629. The van der Waals surface area contributed by atoms with Crippen LogP contribution in [0.25, 0.3) is 0 Å². The van der Waals surface area contributed by atoms with E-state index in [9.17, 15) is 4.79 Å². The Labute approximate surface area is 127 Å². The number of amides is 1. The summed E-state index contributed by atoms with van der Waals surface area (Å²) in [6, 6.07) is 14.1. The highest BCUT2D eigenvalue weighted by atomic mass is 16.1. The summed E-state index contributed by atoms with van der Waals surface area (Å²) in [4.78, 5) is 12.5. The van der Waals surface area contributed by atoms with E-state index in [1.807, 2.05) is 37.3 Å². The molecule has 2 nitrogen and oxygen atoms in total. The van der Waals surface area contributed by atoms with Crippen LogP contribution in [0.3, 0.4) is 0 Å². The van der Waals surface area contributed by atoms with E-state index in [2.05, 4.69) is 38.2 Å². The molecule has 0 fully saturated rings. The lowest BCUT2D eigenvalue weighted by atomic mass is 9.98. The topological polar surface area (TPSA) is 29.1 Å². The van der Waals surface area contributed by atoms with Crippen LogP contribution in [0.2, 0.25) is 0 Å². The Morgan fingerprint density at radius 2 is 1.71 bits per heavy atom. The Morgan fingerprint density at radius 1 is 1.00 bits per heavy atom. The first-order valence-corrected chi connectivity index (χ1v) is 7.46. The molecule has 0 radical (unpaired) electrons. The summed E-state index contributed by atoms with van der Waals surface area (Å²) in [6.07, 6.45) is 0.876. The molecule has 2 aromatic rings. The van der Waals surface area contributed by atoms with E-state index in [0.717, 1.165) is 17.5 Å². The molecule has 2 heteroatoms. The van der Waals surface area contributed by atoms with Gasteiger partial charge in [0.15, 0.2) is 0 Å². The molecular weight excluding hydrogens is 258 g/mol. The van der Waals surface area contributed by atoms with Crippen molar-refractivity contribution in [1.29, 1.82) is 0 Å². The van der Waals surface area contributed by atoms with Crippen molar-refractivity contribution < 1.29 is 4.79 Å². The van der Waals surface area contributed by atoms with E-state index < -0.39 is 0 Å². The number of benzene rings is 2. The van der Waals surface area contributed by atoms with Gasteiger partial charge in [-0.3, -0.25) is 4.79 Å². The molecule has 0 aromatic heterocycles. The molecule has 0 aliphatic heterocycles. The number of rotatable bonds is 4. The third-order valence-corrected chi connectivity index (χ3v) is 4.05. The van der Waals surface area contributed by atoms with Gasteiger partial charge in [-0.05, 0) is 61.6 Å². The second kappa shape index (κ2) is 6.57. The van der Waals surface area contributed by atoms with Crippen LogP contribution >= 0.6 is 0 Å². The van der Waals surface area contributed by atoms with Crippen molar-refractivity contribution in [2.45, 2.75) is 40.2 Å². The number of hydrogen-bond donors (Lipinski definition) is 1. The van der Waals surface area contributed by atoms with Crippen LogP contribution in [0.1, 0.15) is 52.0 Å². The standard InChI is InChI=1S/C19H23NO/c1-5-18(17-9-7-6-8-14(17)3)20-19(21)16-11-10-13(2)15(4)12-16/h6-12,18H,5H2,1-4H3,(H,20,21)/t18-/m0/s1. The van der Waals surface area contributed by atoms with E-state index in [0.29, 0.717) is 0 Å². The molecule has 1 atom stereocenters. The van der Waals surface area contributed by atoms with E-state index in [1.165, 1.54) is 16.7 Å². The SMILES string of the molecule is CC[C@H](NC(=O)c1ccc(C)c(C)c1)c1ccccc1C. The Morgan fingerprint density at radius 3 is 2.33 bits per heavy atom. The van der Waals surface area contributed by atoms with Crippen molar-refractivity contribution in [3.8, 4) is 0 Å². The zero-order valence-corrected chi connectivity index (χ0v) is 13.2. The summed E-state index contributed by atoms with van der Waals surface area (Å²) >= 11 is 0. The van der Waals surface area contributed by atoms with Gasteiger partial charge in [0.2, 0.25) is 0 Å². The highest BCUT2D eigenvalue weighted by Crippen LogP contribution is 2.21. The molecular formula is C19H23NO. The summed E-state index contributed by atoms with van der Waals surface area (Å²) in [6.45, 7) is 8.27. The normalized spacial score (nSPS) is 12.0. The van der Waals surface area contributed by atoms with Crippen molar-refractivity contribution in [1.82, 2.24) is 5.32 Å². The zero-order valence-electron chi connectivity index (χ0n) is 13.2. The van der Waals surface area contributed by atoms with Gasteiger partial charge < -0.3 is 5.32 Å². The van der Waals surface area contributed by atoms with Crippen LogP contribution in [0.4, 0.5) is 0 Å². The molecule has 0 unspecified atom stereocenters. The van der Waals surface area contributed by atoms with Crippen LogP contribution in [-0.4, -0.2) is 5.91 Å². The fourth-order valence-electron chi connectivity index (χ4n) is 2.50. The number of carbonyl (C=O) groups excluding carboxylic acids is 1.